The Bertz CT molecular complexity index is 636. The maximum absolute atomic E-state index is 9.57. The molecule has 0 aliphatic rings. The first-order chi connectivity index (χ1) is 7.75. The summed E-state index contributed by atoms with van der Waals surface area (Å²) in [6, 6.07) is 8.06. The Morgan fingerprint density at radius 3 is 2.38 bits per heavy atom. The van der Waals surface area contributed by atoms with Gasteiger partial charge < -0.3 is 10.2 Å². The average Bonchev–Trinajstić information content (AvgIpc) is 2.85. The molecule has 3 rings (SSSR count). The van der Waals surface area contributed by atoms with Crippen LogP contribution in [0.25, 0.3) is 16.7 Å². The number of benzene rings is 1. The zero-order chi connectivity index (χ0) is 11.1. The van der Waals surface area contributed by atoms with Crippen LogP contribution in [0.3, 0.4) is 0 Å². The molecule has 0 aliphatic heterocycles. The topological polar surface area (TPSA) is 87.0 Å². The van der Waals surface area contributed by atoms with E-state index >= 15 is 0 Å². The van der Waals surface area contributed by atoms with Crippen LogP contribution in [-0.2, 0) is 0 Å². The first-order valence-corrected chi connectivity index (χ1v) is 4.66. The highest BCUT2D eigenvalue weighted by molar-refractivity contribution is 5.76. The van der Waals surface area contributed by atoms with Crippen molar-refractivity contribution >= 4 is 11.0 Å². The van der Waals surface area contributed by atoms with Gasteiger partial charge in [0.25, 0.3) is 0 Å². The summed E-state index contributed by atoms with van der Waals surface area (Å²) >= 11 is 0. The number of nitrogens with zero attached hydrogens (tertiary/aromatic N) is 3. The van der Waals surface area contributed by atoms with Crippen LogP contribution in [0.1, 0.15) is 0 Å². The lowest BCUT2D eigenvalue weighted by atomic mass is 10.3. The predicted molar refractivity (Wildman–Crippen MR) is 56.5 cm³/mol. The third-order valence-corrected chi connectivity index (χ3v) is 2.40. The minimum Gasteiger partial charge on any atom is -0.494 e. The van der Waals surface area contributed by atoms with Crippen LogP contribution in [0.4, 0.5) is 0 Å². The molecule has 0 fully saturated rings. The molecule has 80 valence electrons. The van der Waals surface area contributed by atoms with Crippen LogP contribution in [0.5, 0.6) is 11.8 Å². The molecule has 0 aliphatic carbocycles. The minimum atomic E-state index is -0.0275. The molecular weight excluding hydrogens is 208 g/mol. The Labute approximate surface area is 89.8 Å². The Morgan fingerprint density at radius 1 is 0.938 bits per heavy atom. The van der Waals surface area contributed by atoms with E-state index in [9.17, 15) is 10.2 Å². The lowest BCUT2D eigenvalue weighted by molar-refractivity contribution is 0.402. The molecule has 0 saturated heterocycles. The second-order valence-corrected chi connectivity index (χ2v) is 3.38. The Balaban J connectivity index is 2.25. The monoisotopic (exact) mass is 216 g/mol. The van der Waals surface area contributed by atoms with E-state index in [4.69, 9.17) is 0 Å². The lowest BCUT2D eigenvalue weighted by Crippen LogP contribution is -1.92. The molecule has 2 aromatic heterocycles. The van der Waals surface area contributed by atoms with Crippen molar-refractivity contribution in [2.24, 2.45) is 0 Å². The van der Waals surface area contributed by atoms with E-state index < -0.39 is 0 Å². The summed E-state index contributed by atoms with van der Waals surface area (Å²) in [5.74, 6) is -0.0549. The fourth-order valence-corrected chi connectivity index (χ4v) is 1.65. The standard InChI is InChI=1S/C10H8N4O2/c15-9-3-4-10(16)14(9)6-1-2-7-8(5-6)12-13-11-7/h1-5,15-16H,(H,11,12,13). The van der Waals surface area contributed by atoms with Crippen LogP contribution >= 0.6 is 0 Å². The Morgan fingerprint density at radius 2 is 1.62 bits per heavy atom. The molecule has 3 aromatic rings. The molecule has 6 heteroatoms. The maximum atomic E-state index is 9.57. The first-order valence-electron chi connectivity index (χ1n) is 4.66. The van der Waals surface area contributed by atoms with E-state index in [2.05, 4.69) is 15.4 Å². The second kappa shape index (κ2) is 2.99. The zero-order valence-corrected chi connectivity index (χ0v) is 8.12. The van der Waals surface area contributed by atoms with Crippen molar-refractivity contribution in [1.82, 2.24) is 20.0 Å². The fraction of sp³-hybridized carbons (Fsp3) is 0. The number of hydrogen-bond donors (Lipinski definition) is 3. The second-order valence-electron chi connectivity index (χ2n) is 3.38. The van der Waals surface area contributed by atoms with Crippen molar-refractivity contribution in [1.29, 1.82) is 0 Å². The molecule has 0 spiro atoms. The summed E-state index contributed by atoms with van der Waals surface area (Å²) in [7, 11) is 0. The Hall–Kier alpha value is -2.50. The Kier molecular flexibility index (Phi) is 1.64. The van der Waals surface area contributed by atoms with Crippen molar-refractivity contribution in [2.75, 3.05) is 0 Å². The largest absolute Gasteiger partial charge is 0.494 e. The lowest BCUT2D eigenvalue weighted by Gasteiger charge is -2.05. The van der Waals surface area contributed by atoms with Gasteiger partial charge in [-0.1, -0.05) is 0 Å². The average molecular weight is 216 g/mol. The van der Waals surface area contributed by atoms with Crippen molar-refractivity contribution in [2.45, 2.75) is 0 Å². The quantitative estimate of drug-likeness (QED) is 0.569. The molecule has 0 saturated carbocycles. The van der Waals surface area contributed by atoms with E-state index in [-0.39, 0.29) is 11.8 Å². The van der Waals surface area contributed by atoms with Crippen LogP contribution in [0.15, 0.2) is 30.3 Å². The van der Waals surface area contributed by atoms with E-state index in [0.29, 0.717) is 11.2 Å². The normalized spacial score (nSPS) is 11.0. The molecule has 16 heavy (non-hydrogen) atoms. The molecule has 1 aromatic carbocycles. The number of H-pyrrole nitrogens is 1. The molecule has 0 atom stereocenters. The highest BCUT2D eigenvalue weighted by Gasteiger charge is 2.09. The van der Waals surface area contributed by atoms with E-state index in [1.807, 2.05) is 0 Å². The van der Waals surface area contributed by atoms with Gasteiger partial charge in [0, 0.05) is 12.1 Å². The zero-order valence-electron chi connectivity index (χ0n) is 8.12. The summed E-state index contributed by atoms with van der Waals surface area (Å²) in [5, 5.41) is 29.5. The molecule has 2 heterocycles. The maximum Gasteiger partial charge on any atom is 0.198 e. The minimum absolute atomic E-state index is 0.0275. The number of nitrogens with one attached hydrogen (secondary N) is 1. The number of hydrogen-bond acceptors (Lipinski definition) is 4. The first kappa shape index (κ1) is 8.78. The van der Waals surface area contributed by atoms with Gasteiger partial charge >= 0.3 is 0 Å². The molecule has 6 nitrogen and oxygen atoms in total. The van der Waals surface area contributed by atoms with Gasteiger partial charge in [0.2, 0.25) is 0 Å². The number of aromatic hydroxyl groups is 2. The van der Waals surface area contributed by atoms with E-state index in [1.54, 1.807) is 18.2 Å². The van der Waals surface area contributed by atoms with Crippen molar-refractivity contribution in [3.05, 3.63) is 30.3 Å². The highest BCUT2D eigenvalue weighted by atomic mass is 16.3. The van der Waals surface area contributed by atoms with Gasteiger partial charge in [0.05, 0.1) is 5.69 Å². The molecule has 3 N–H and O–H groups in total. The third kappa shape index (κ3) is 1.13. The van der Waals surface area contributed by atoms with Gasteiger partial charge in [-0.15, -0.1) is 0 Å². The fourth-order valence-electron chi connectivity index (χ4n) is 1.65. The van der Waals surface area contributed by atoms with Gasteiger partial charge in [-0.3, -0.25) is 4.57 Å². The molecule has 0 unspecified atom stereocenters. The van der Waals surface area contributed by atoms with E-state index in [1.165, 1.54) is 16.7 Å². The highest BCUT2D eigenvalue weighted by Crippen LogP contribution is 2.27. The summed E-state index contributed by atoms with van der Waals surface area (Å²) in [6.45, 7) is 0. The van der Waals surface area contributed by atoms with Gasteiger partial charge in [0.15, 0.2) is 11.8 Å². The summed E-state index contributed by atoms with van der Waals surface area (Å²) < 4.78 is 1.31. The van der Waals surface area contributed by atoms with Crippen molar-refractivity contribution in [3.63, 3.8) is 0 Å². The van der Waals surface area contributed by atoms with E-state index in [0.717, 1.165) is 5.52 Å². The van der Waals surface area contributed by atoms with Gasteiger partial charge in [-0.05, 0) is 18.2 Å². The van der Waals surface area contributed by atoms with Crippen LogP contribution in [0, 0.1) is 0 Å². The molecule has 0 radical (unpaired) electrons. The van der Waals surface area contributed by atoms with Crippen LogP contribution < -0.4 is 0 Å². The summed E-state index contributed by atoms with van der Waals surface area (Å²) in [5.41, 5.74) is 2.03. The number of fused-ring (bicyclic) bond motifs is 1. The van der Waals surface area contributed by atoms with Crippen LogP contribution in [-0.4, -0.2) is 30.2 Å². The molecule has 0 bridgehead atoms. The smallest absolute Gasteiger partial charge is 0.198 e. The molecule has 0 amide bonds. The van der Waals surface area contributed by atoms with Gasteiger partial charge in [-0.2, -0.15) is 15.4 Å². The summed E-state index contributed by atoms with van der Waals surface area (Å²) in [6.07, 6.45) is 0. The number of aromatic nitrogens is 4. The number of rotatable bonds is 1. The van der Waals surface area contributed by atoms with Gasteiger partial charge in [0.1, 0.15) is 11.0 Å². The van der Waals surface area contributed by atoms with Gasteiger partial charge in [-0.25, -0.2) is 0 Å². The molecular formula is C10H8N4O2. The van der Waals surface area contributed by atoms with Crippen molar-refractivity contribution in [3.8, 4) is 17.4 Å². The SMILES string of the molecule is Oc1ccc(O)n1-c1ccc2n[nH]nc2c1. The third-order valence-electron chi connectivity index (χ3n) is 2.40. The van der Waals surface area contributed by atoms with Crippen LogP contribution in [0.2, 0.25) is 0 Å². The number of aromatic amines is 1. The predicted octanol–water partition coefficient (Wildman–Crippen LogP) is 1.16. The summed E-state index contributed by atoms with van der Waals surface area (Å²) in [4.78, 5) is 0. The van der Waals surface area contributed by atoms with Crippen molar-refractivity contribution < 1.29 is 10.2 Å².